The molecule has 104 valence electrons. The number of nitrogens with one attached hydrogen (secondary N) is 1. The zero-order valence-electron chi connectivity index (χ0n) is 11.2. The summed E-state index contributed by atoms with van der Waals surface area (Å²) in [6.07, 6.45) is 5.37. The highest BCUT2D eigenvalue weighted by Gasteiger charge is 2.40. The van der Waals surface area contributed by atoms with E-state index in [0.29, 0.717) is 23.3 Å². The average molecular weight is 282 g/mol. The molecular formula is C14H20ClN3O. The number of hydrogen-bond donors (Lipinski definition) is 2. The van der Waals surface area contributed by atoms with Gasteiger partial charge in [-0.15, -0.1) is 0 Å². The molecule has 0 aliphatic heterocycles. The summed E-state index contributed by atoms with van der Waals surface area (Å²) in [6, 6.07) is 3.50. The first-order chi connectivity index (χ1) is 9.07. The molecule has 1 aliphatic rings. The van der Waals surface area contributed by atoms with E-state index in [1.165, 1.54) is 0 Å². The molecule has 1 fully saturated rings. The summed E-state index contributed by atoms with van der Waals surface area (Å²) >= 11 is 5.96. The Morgan fingerprint density at radius 2 is 2.26 bits per heavy atom. The van der Waals surface area contributed by atoms with Gasteiger partial charge in [-0.25, -0.2) is 4.98 Å². The average Bonchev–Trinajstić information content (AvgIpc) is 2.42. The van der Waals surface area contributed by atoms with Gasteiger partial charge in [-0.1, -0.05) is 18.5 Å². The molecule has 0 atom stereocenters. The number of anilines is 1. The highest BCUT2D eigenvalue weighted by molar-refractivity contribution is 6.32. The summed E-state index contributed by atoms with van der Waals surface area (Å²) in [6.45, 7) is 2.60. The van der Waals surface area contributed by atoms with Crippen molar-refractivity contribution in [1.29, 1.82) is 0 Å². The van der Waals surface area contributed by atoms with Gasteiger partial charge in [-0.2, -0.15) is 0 Å². The Balaban J connectivity index is 2.12. The van der Waals surface area contributed by atoms with Crippen molar-refractivity contribution in [2.75, 3.05) is 11.9 Å². The van der Waals surface area contributed by atoms with Gasteiger partial charge in [0, 0.05) is 12.7 Å². The lowest BCUT2D eigenvalue weighted by molar-refractivity contribution is -0.127. The summed E-state index contributed by atoms with van der Waals surface area (Å²) in [7, 11) is 0. The number of nitrogens with zero attached hydrogens (tertiary/aromatic N) is 1. The van der Waals surface area contributed by atoms with Crippen LogP contribution in [0.1, 0.15) is 32.6 Å². The van der Waals surface area contributed by atoms with Gasteiger partial charge in [0.1, 0.15) is 0 Å². The molecule has 1 aromatic heterocycles. The number of aromatic nitrogens is 1. The number of pyridine rings is 1. The minimum Gasteiger partial charge on any atom is -0.329 e. The number of halogens is 1. The van der Waals surface area contributed by atoms with Gasteiger partial charge in [-0.05, 0) is 43.7 Å². The van der Waals surface area contributed by atoms with Crippen LogP contribution >= 0.6 is 11.6 Å². The Kier molecular flexibility index (Phi) is 4.42. The van der Waals surface area contributed by atoms with Gasteiger partial charge in [0.25, 0.3) is 0 Å². The SMILES string of the molecule is CC1CCC(CN)(C(=O)Nc2cccnc2Cl)CC1. The first kappa shape index (κ1) is 14.3. The third-order valence-corrected chi connectivity index (χ3v) is 4.41. The molecule has 1 heterocycles. The smallest absolute Gasteiger partial charge is 0.231 e. The number of amides is 1. The Morgan fingerprint density at radius 1 is 1.58 bits per heavy atom. The minimum atomic E-state index is -0.453. The van der Waals surface area contributed by atoms with E-state index in [1.807, 2.05) is 0 Å². The molecule has 1 aromatic rings. The fourth-order valence-electron chi connectivity index (χ4n) is 2.57. The Labute approximate surface area is 118 Å². The molecule has 3 N–H and O–H groups in total. The molecule has 0 saturated heterocycles. The molecule has 0 spiro atoms. The lowest BCUT2D eigenvalue weighted by atomic mass is 9.70. The normalized spacial score (nSPS) is 27.0. The van der Waals surface area contributed by atoms with E-state index in [-0.39, 0.29) is 5.91 Å². The second kappa shape index (κ2) is 5.88. The first-order valence-corrected chi connectivity index (χ1v) is 7.07. The third kappa shape index (κ3) is 3.07. The van der Waals surface area contributed by atoms with Gasteiger partial charge < -0.3 is 11.1 Å². The maximum absolute atomic E-state index is 12.5. The molecule has 0 aromatic carbocycles. The zero-order chi connectivity index (χ0) is 13.9. The quantitative estimate of drug-likeness (QED) is 0.837. The molecule has 1 amide bonds. The number of carbonyl (C=O) groups is 1. The van der Waals surface area contributed by atoms with Crippen LogP contribution in [-0.4, -0.2) is 17.4 Å². The van der Waals surface area contributed by atoms with E-state index in [9.17, 15) is 4.79 Å². The van der Waals surface area contributed by atoms with Crippen molar-refractivity contribution in [3.8, 4) is 0 Å². The molecule has 1 aliphatic carbocycles. The molecule has 1 saturated carbocycles. The molecule has 0 bridgehead atoms. The van der Waals surface area contributed by atoms with Crippen molar-refractivity contribution in [3.05, 3.63) is 23.5 Å². The Bertz CT molecular complexity index is 456. The van der Waals surface area contributed by atoms with Crippen LogP contribution in [0.3, 0.4) is 0 Å². The van der Waals surface area contributed by atoms with Crippen molar-refractivity contribution in [3.63, 3.8) is 0 Å². The Morgan fingerprint density at radius 3 is 2.84 bits per heavy atom. The summed E-state index contributed by atoms with van der Waals surface area (Å²) < 4.78 is 0. The number of rotatable bonds is 3. The van der Waals surface area contributed by atoms with Crippen LogP contribution in [0.25, 0.3) is 0 Å². The second-order valence-corrected chi connectivity index (χ2v) is 5.82. The van der Waals surface area contributed by atoms with Crippen LogP contribution in [-0.2, 0) is 4.79 Å². The standard InChI is InChI=1S/C14H20ClN3O/c1-10-4-6-14(9-16,7-5-10)13(19)18-11-3-2-8-17-12(11)15/h2-3,8,10H,4-7,9,16H2,1H3,(H,18,19). The summed E-state index contributed by atoms with van der Waals surface area (Å²) in [4.78, 5) is 16.5. The van der Waals surface area contributed by atoms with Crippen molar-refractivity contribution in [1.82, 2.24) is 4.98 Å². The second-order valence-electron chi connectivity index (χ2n) is 5.46. The molecule has 19 heavy (non-hydrogen) atoms. The maximum Gasteiger partial charge on any atom is 0.231 e. The van der Waals surface area contributed by atoms with Gasteiger partial charge in [0.2, 0.25) is 5.91 Å². The monoisotopic (exact) mass is 281 g/mol. The summed E-state index contributed by atoms with van der Waals surface area (Å²) in [5, 5.41) is 3.19. The highest BCUT2D eigenvalue weighted by Crippen LogP contribution is 2.39. The highest BCUT2D eigenvalue weighted by atomic mass is 35.5. The number of hydrogen-bond acceptors (Lipinski definition) is 3. The van der Waals surface area contributed by atoms with Crippen LogP contribution in [0.15, 0.2) is 18.3 Å². The largest absolute Gasteiger partial charge is 0.329 e. The van der Waals surface area contributed by atoms with Crippen LogP contribution in [0.5, 0.6) is 0 Å². The fraction of sp³-hybridized carbons (Fsp3) is 0.571. The lowest BCUT2D eigenvalue weighted by Crippen LogP contribution is -2.44. The molecule has 5 heteroatoms. The molecule has 0 unspecified atom stereocenters. The Hall–Kier alpha value is -1.13. The van der Waals surface area contributed by atoms with Crippen LogP contribution < -0.4 is 11.1 Å². The lowest BCUT2D eigenvalue weighted by Gasteiger charge is -2.37. The van der Waals surface area contributed by atoms with Gasteiger partial charge in [0.05, 0.1) is 11.1 Å². The summed E-state index contributed by atoms with van der Waals surface area (Å²) in [5.74, 6) is 0.645. The minimum absolute atomic E-state index is 0.0307. The van der Waals surface area contributed by atoms with Crippen LogP contribution in [0, 0.1) is 11.3 Å². The van der Waals surface area contributed by atoms with E-state index in [4.69, 9.17) is 17.3 Å². The maximum atomic E-state index is 12.5. The van der Waals surface area contributed by atoms with Crippen molar-refractivity contribution >= 4 is 23.2 Å². The van der Waals surface area contributed by atoms with E-state index < -0.39 is 5.41 Å². The van der Waals surface area contributed by atoms with Crippen molar-refractivity contribution in [2.45, 2.75) is 32.6 Å². The van der Waals surface area contributed by atoms with Gasteiger partial charge in [0.15, 0.2) is 5.15 Å². The predicted octanol–water partition coefficient (Wildman–Crippen LogP) is 2.83. The molecule has 4 nitrogen and oxygen atoms in total. The van der Waals surface area contributed by atoms with Crippen molar-refractivity contribution < 1.29 is 4.79 Å². The van der Waals surface area contributed by atoms with Gasteiger partial charge >= 0.3 is 0 Å². The first-order valence-electron chi connectivity index (χ1n) is 6.69. The predicted molar refractivity (Wildman–Crippen MR) is 77.0 cm³/mol. The molecular weight excluding hydrogens is 262 g/mol. The molecule has 0 radical (unpaired) electrons. The van der Waals surface area contributed by atoms with Crippen LogP contribution in [0.2, 0.25) is 5.15 Å². The van der Waals surface area contributed by atoms with E-state index in [2.05, 4.69) is 17.2 Å². The van der Waals surface area contributed by atoms with E-state index in [0.717, 1.165) is 25.7 Å². The van der Waals surface area contributed by atoms with E-state index in [1.54, 1.807) is 18.3 Å². The zero-order valence-corrected chi connectivity index (χ0v) is 11.9. The topological polar surface area (TPSA) is 68.0 Å². The molecule has 2 rings (SSSR count). The van der Waals surface area contributed by atoms with E-state index >= 15 is 0 Å². The number of nitrogens with two attached hydrogens (primary N) is 1. The summed E-state index contributed by atoms with van der Waals surface area (Å²) in [5.41, 5.74) is 5.97. The van der Waals surface area contributed by atoms with Gasteiger partial charge in [-0.3, -0.25) is 4.79 Å². The third-order valence-electron chi connectivity index (χ3n) is 4.11. The number of carbonyl (C=O) groups excluding carboxylic acids is 1. The fourth-order valence-corrected chi connectivity index (χ4v) is 2.74. The van der Waals surface area contributed by atoms with Crippen molar-refractivity contribution in [2.24, 2.45) is 17.1 Å². The van der Waals surface area contributed by atoms with Crippen LogP contribution in [0.4, 0.5) is 5.69 Å².